The highest BCUT2D eigenvalue weighted by atomic mass is 16.5. The Balaban J connectivity index is 2.09. The van der Waals surface area contributed by atoms with Crippen molar-refractivity contribution in [2.45, 2.75) is 64.4 Å². The smallest absolute Gasteiger partial charge is 0.243 e. The van der Waals surface area contributed by atoms with Crippen LogP contribution in [-0.4, -0.2) is 53.8 Å². The van der Waals surface area contributed by atoms with Crippen molar-refractivity contribution >= 4 is 18.1 Å². The number of hydrogen-bond donors (Lipinski definition) is 2. The minimum absolute atomic E-state index is 0.0427. The average molecular weight is 389 g/mol. The number of aldehydes is 1. The summed E-state index contributed by atoms with van der Waals surface area (Å²) in [6, 6.07) is 7.80. The third-order valence-corrected chi connectivity index (χ3v) is 5.11. The number of nitrogens with one attached hydrogen (secondary N) is 1. The Morgan fingerprint density at radius 1 is 1.32 bits per heavy atom. The van der Waals surface area contributed by atoms with Gasteiger partial charge in [-0.3, -0.25) is 9.59 Å². The molecule has 0 bridgehead atoms. The zero-order chi connectivity index (χ0) is 20.7. The van der Waals surface area contributed by atoms with Gasteiger partial charge in [-0.05, 0) is 17.9 Å². The number of carbonyl (C=O) groups excluding carboxylic acids is 3. The lowest BCUT2D eigenvalue weighted by Gasteiger charge is -2.28. The van der Waals surface area contributed by atoms with Crippen molar-refractivity contribution in [1.82, 2.24) is 10.2 Å². The predicted octanol–water partition coefficient (Wildman–Crippen LogP) is 1.25. The van der Waals surface area contributed by atoms with E-state index in [0.29, 0.717) is 32.3 Å². The van der Waals surface area contributed by atoms with Gasteiger partial charge in [0.05, 0.1) is 24.8 Å². The number of carbonyl (C=O) groups is 3. The maximum absolute atomic E-state index is 12.8. The van der Waals surface area contributed by atoms with E-state index in [1.165, 1.54) is 4.90 Å². The van der Waals surface area contributed by atoms with Crippen LogP contribution in [0.3, 0.4) is 0 Å². The molecule has 0 saturated carbocycles. The standard InChI is InChI=1S/C21H31N3O4/c1-4-16(12-25)23-20(26)18-10-17(28-13-15-8-6-5-7-9-15)11-24(18)21(27)19(22)14(2)3/h5-9,12,14,16-19H,4,10-11,13,22H2,1-3H3,(H,23,26). The van der Waals surface area contributed by atoms with Crippen molar-refractivity contribution in [3.63, 3.8) is 0 Å². The van der Waals surface area contributed by atoms with Crippen LogP contribution in [0.4, 0.5) is 0 Å². The van der Waals surface area contributed by atoms with Crippen LogP contribution in [-0.2, 0) is 25.7 Å². The van der Waals surface area contributed by atoms with Gasteiger partial charge >= 0.3 is 0 Å². The topological polar surface area (TPSA) is 102 Å². The van der Waals surface area contributed by atoms with Crippen LogP contribution in [0.15, 0.2) is 30.3 Å². The van der Waals surface area contributed by atoms with Gasteiger partial charge in [0.15, 0.2) is 0 Å². The SMILES string of the molecule is CCC(C=O)NC(=O)C1CC(OCc2ccccc2)CN1C(=O)C(N)C(C)C. The van der Waals surface area contributed by atoms with Gasteiger partial charge in [-0.1, -0.05) is 51.1 Å². The van der Waals surface area contributed by atoms with Gasteiger partial charge in [-0.2, -0.15) is 0 Å². The molecule has 7 heteroatoms. The number of ether oxygens (including phenoxy) is 1. The van der Waals surface area contributed by atoms with Crippen LogP contribution in [0.2, 0.25) is 0 Å². The molecule has 0 aliphatic carbocycles. The number of rotatable bonds is 9. The van der Waals surface area contributed by atoms with Gasteiger partial charge in [0.25, 0.3) is 0 Å². The molecule has 1 aliphatic heterocycles. The molecule has 0 spiro atoms. The number of hydrogen-bond acceptors (Lipinski definition) is 5. The maximum atomic E-state index is 12.8. The fourth-order valence-electron chi connectivity index (χ4n) is 3.19. The largest absolute Gasteiger partial charge is 0.372 e. The van der Waals surface area contributed by atoms with E-state index in [1.807, 2.05) is 51.1 Å². The first-order valence-corrected chi connectivity index (χ1v) is 9.84. The molecule has 2 rings (SSSR count). The van der Waals surface area contributed by atoms with E-state index in [4.69, 9.17) is 10.5 Å². The lowest BCUT2D eigenvalue weighted by molar-refractivity contribution is -0.140. The van der Waals surface area contributed by atoms with Crippen LogP contribution in [0.25, 0.3) is 0 Å². The van der Waals surface area contributed by atoms with Crippen LogP contribution >= 0.6 is 0 Å². The van der Waals surface area contributed by atoms with Crippen LogP contribution in [0.5, 0.6) is 0 Å². The van der Waals surface area contributed by atoms with Gasteiger partial charge in [-0.15, -0.1) is 0 Å². The first-order chi connectivity index (χ1) is 13.4. The molecular formula is C21H31N3O4. The fraction of sp³-hybridized carbons (Fsp3) is 0.571. The summed E-state index contributed by atoms with van der Waals surface area (Å²) in [5.41, 5.74) is 7.07. The summed E-state index contributed by atoms with van der Waals surface area (Å²) in [6.45, 7) is 6.27. The van der Waals surface area contributed by atoms with E-state index in [2.05, 4.69) is 5.32 Å². The maximum Gasteiger partial charge on any atom is 0.243 e. The van der Waals surface area contributed by atoms with Gasteiger partial charge < -0.3 is 25.5 Å². The number of nitrogens with zero attached hydrogens (tertiary/aromatic N) is 1. The molecule has 4 unspecified atom stereocenters. The molecule has 1 fully saturated rings. The van der Waals surface area contributed by atoms with Gasteiger partial charge in [0, 0.05) is 13.0 Å². The molecule has 4 atom stereocenters. The van der Waals surface area contributed by atoms with E-state index in [1.54, 1.807) is 0 Å². The number of amides is 2. The summed E-state index contributed by atoms with van der Waals surface area (Å²) >= 11 is 0. The third-order valence-electron chi connectivity index (χ3n) is 5.11. The second-order valence-corrected chi connectivity index (χ2v) is 7.59. The molecule has 1 aliphatic rings. The Morgan fingerprint density at radius 3 is 2.57 bits per heavy atom. The Kier molecular flexibility index (Phi) is 8.14. The molecule has 0 aromatic heterocycles. The molecule has 7 nitrogen and oxygen atoms in total. The minimum Gasteiger partial charge on any atom is -0.372 e. The van der Waals surface area contributed by atoms with Gasteiger partial charge in [0.2, 0.25) is 11.8 Å². The quantitative estimate of drug-likeness (QED) is 0.619. The van der Waals surface area contributed by atoms with Crippen molar-refractivity contribution in [2.24, 2.45) is 11.7 Å². The van der Waals surface area contributed by atoms with Crippen molar-refractivity contribution < 1.29 is 19.1 Å². The Labute approximate surface area is 166 Å². The highest BCUT2D eigenvalue weighted by Gasteiger charge is 2.42. The lowest BCUT2D eigenvalue weighted by Crippen LogP contribution is -2.54. The van der Waals surface area contributed by atoms with Crippen LogP contribution < -0.4 is 11.1 Å². The molecule has 154 valence electrons. The molecule has 1 aromatic rings. The number of nitrogens with two attached hydrogens (primary N) is 1. The fourth-order valence-corrected chi connectivity index (χ4v) is 3.19. The number of benzene rings is 1. The van der Waals surface area contributed by atoms with Crippen molar-refractivity contribution in [2.75, 3.05) is 6.54 Å². The van der Waals surface area contributed by atoms with Crippen molar-refractivity contribution in [1.29, 1.82) is 0 Å². The van der Waals surface area contributed by atoms with E-state index in [9.17, 15) is 14.4 Å². The van der Waals surface area contributed by atoms with Crippen molar-refractivity contribution in [3.05, 3.63) is 35.9 Å². The molecule has 28 heavy (non-hydrogen) atoms. The predicted molar refractivity (Wildman–Crippen MR) is 106 cm³/mol. The second kappa shape index (κ2) is 10.3. The molecule has 1 aromatic carbocycles. The Bertz CT molecular complexity index is 665. The highest BCUT2D eigenvalue weighted by Crippen LogP contribution is 2.24. The molecule has 3 N–H and O–H groups in total. The summed E-state index contributed by atoms with van der Waals surface area (Å²) in [4.78, 5) is 38.2. The summed E-state index contributed by atoms with van der Waals surface area (Å²) in [5, 5.41) is 2.71. The van der Waals surface area contributed by atoms with Gasteiger partial charge in [-0.25, -0.2) is 0 Å². The number of likely N-dealkylation sites (tertiary alicyclic amines) is 1. The molecule has 2 amide bonds. The Morgan fingerprint density at radius 2 is 2.00 bits per heavy atom. The zero-order valence-electron chi connectivity index (χ0n) is 16.8. The van der Waals surface area contributed by atoms with E-state index < -0.39 is 18.1 Å². The Hall–Kier alpha value is -2.25. The molecular weight excluding hydrogens is 358 g/mol. The molecule has 0 radical (unpaired) electrons. The van der Waals surface area contributed by atoms with Crippen molar-refractivity contribution in [3.8, 4) is 0 Å². The monoisotopic (exact) mass is 389 g/mol. The minimum atomic E-state index is -0.688. The second-order valence-electron chi connectivity index (χ2n) is 7.59. The molecule has 1 heterocycles. The van der Waals surface area contributed by atoms with E-state index >= 15 is 0 Å². The highest BCUT2D eigenvalue weighted by molar-refractivity contribution is 5.91. The van der Waals surface area contributed by atoms with E-state index in [-0.39, 0.29) is 23.8 Å². The summed E-state index contributed by atoms with van der Waals surface area (Å²) in [6.07, 6.45) is 1.32. The first-order valence-electron chi connectivity index (χ1n) is 9.84. The third kappa shape index (κ3) is 5.62. The first kappa shape index (κ1) is 22.0. The van der Waals surface area contributed by atoms with Crippen LogP contribution in [0.1, 0.15) is 39.2 Å². The van der Waals surface area contributed by atoms with E-state index in [0.717, 1.165) is 5.56 Å². The van der Waals surface area contributed by atoms with Gasteiger partial charge in [0.1, 0.15) is 12.3 Å². The zero-order valence-corrected chi connectivity index (χ0v) is 16.8. The summed E-state index contributed by atoms with van der Waals surface area (Å²) in [5.74, 6) is -0.645. The average Bonchev–Trinajstić information content (AvgIpc) is 3.14. The lowest BCUT2D eigenvalue weighted by atomic mass is 10.0. The van der Waals surface area contributed by atoms with Crippen LogP contribution in [0, 0.1) is 5.92 Å². The molecule has 1 saturated heterocycles. The normalized spacial score (nSPS) is 21.4. The summed E-state index contributed by atoms with van der Waals surface area (Å²) in [7, 11) is 0. The summed E-state index contributed by atoms with van der Waals surface area (Å²) < 4.78 is 5.96.